The molecule has 0 bridgehead atoms. The standard InChI is InChI=1S/C13H14O4/c1-8(14)10-6-9-4-5-13(2,16-3)17-12(9)7-11(10)15/h4-7,15H,1-3H3. The van der Waals surface area contributed by atoms with Crippen LogP contribution in [0.15, 0.2) is 18.2 Å². The number of carbonyl (C=O) groups is 1. The molecule has 0 fully saturated rings. The van der Waals surface area contributed by atoms with Crippen LogP contribution in [0.1, 0.15) is 29.8 Å². The van der Waals surface area contributed by atoms with Crippen molar-refractivity contribution in [2.75, 3.05) is 7.11 Å². The molecule has 1 heterocycles. The van der Waals surface area contributed by atoms with Crippen molar-refractivity contribution >= 4 is 11.9 Å². The van der Waals surface area contributed by atoms with Crippen LogP contribution in [0, 0.1) is 0 Å². The number of fused-ring (bicyclic) bond motifs is 1. The number of hydrogen-bond acceptors (Lipinski definition) is 4. The molecule has 1 aromatic carbocycles. The highest BCUT2D eigenvalue weighted by atomic mass is 16.7. The lowest BCUT2D eigenvalue weighted by molar-refractivity contribution is -0.110. The number of carbonyl (C=O) groups excluding carboxylic acids is 1. The Bertz CT molecular complexity index is 504. The van der Waals surface area contributed by atoms with Crippen LogP contribution >= 0.6 is 0 Å². The van der Waals surface area contributed by atoms with Crippen LogP contribution in [-0.2, 0) is 4.74 Å². The average Bonchev–Trinajstić information content (AvgIpc) is 2.27. The summed E-state index contributed by atoms with van der Waals surface area (Å²) >= 11 is 0. The number of rotatable bonds is 2. The summed E-state index contributed by atoms with van der Waals surface area (Å²) in [5, 5.41) is 9.71. The lowest BCUT2D eigenvalue weighted by atomic mass is 10.0. The summed E-state index contributed by atoms with van der Waals surface area (Å²) in [5.41, 5.74) is 1.04. The Morgan fingerprint density at radius 3 is 2.76 bits per heavy atom. The normalized spacial score (nSPS) is 21.8. The zero-order chi connectivity index (χ0) is 12.6. The first kappa shape index (κ1) is 11.7. The third-order valence-corrected chi connectivity index (χ3v) is 2.79. The molecule has 4 nitrogen and oxygen atoms in total. The molecular formula is C13H14O4. The third-order valence-electron chi connectivity index (χ3n) is 2.79. The van der Waals surface area contributed by atoms with Gasteiger partial charge < -0.3 is 14.6 Å². The zero-order valence-electron chi connectivity index (χ0n) is 9.98. The minimum absolute atomic E-state index is 0.0787. The Labute approximate surface area is 99.5 Å². The molecule has 4 heteroatoms. The molecule has 1 atom stereocenters. The van der Waals surface area contributed by atoms with Crippen molar-refractivity contribution in [2.24, 2.45) is 0 Å². The van der Waals surface area contributed by atoms with Crippen molar-refractivity contribution in [2.45, 2.75) is 19.6 Å². The molecule has 90 valence electrons. The average molecular weight is 234 g/mol. The fourth-order valence-electron chi connectivity index (χ4n) is 1.69. The van der Waals surface area contributed by atoms with Crippen LogP contribution in [0.25, 0.3) is 6.08 Å². The van der Waals surface area contributed by atoms with Crippen LogP contribution in [0.5, 0.6) is 11.5 Å². The molecule has 2 rings (SSSR count). The summed E-state index contributed by atoms with van der Waals surface area (Å²) < 4.78 is 10.8. The second-order valence-corrected chi connectivity index (χ2v) is 4.12. The molecule has 1 aliphatic rings. The fourth-order valence-corrected chi connectivity index (χ4v) is 1.69. The molecule has 0 saturated heterocycles. The van der Waals surface area contributed by atoms with Crippen LogP contribution in [-0.4, -0.2) is 23.8 Å². The Kier molecular flexibility index (Phi) is 2.67. The topological polar surface area (TPSA) is 55.8 Å². The van der Waals surface area contributed by atoms with E-state index in [-0.39, 0.29) is 17.1 Å². The van der Waals surface area contributed by atoms with Gasteiger partial charge in [-0.05, 0) is 25.1 Å². The molecular weight excluding hydrogens is 220 g/mol. The number of methoxy groups -OCH3 is 1. The van der Waals surface area contributed by atoms with Gasteiger partial charge in [0.25, 0.3) is 0 Å². The Morgan fingerprint density at radius 1 is 1.47 bits per heavy atom. The van der Waals surface area contributed by atoms with Gasteiger partial charge in [0.05, 0.1) is 5.56 Å². The van der Waals surface area contributed by atoms with Crippen LogP contribution in [0.3, 0.4) is 0 Å². The van der Waals surface area contributed by atoms with Crippen molar-refractivity contribution in [3.63, 3.8) is 0 Å². The predicted octanol–water partition coefficient (Wildman–Crippen LogP) is 2.36. The van der Waals surface area contributed by atoms with Crippen molar-refractivity contribution in [3.8, 4) is 11.5 Å². The molecule has 1 N–H and O–H groups in total. The van der Waals surface area contributed by atoms with Crippen LogP contribution < -0.4 is 4.74 Å². The smallest absolute Gasteiger partial charge is 0.227 e. The monoisotopic (exact) mass is 234 g/mol. The van der Waals surface area contributed by atoms with E-state index in [1.54, 1.807) is 26.2 Å². The highest BCUT2D eigenvalue weighted by Crippen LogP contribution is 2.36. The van der Waals surface area contributed by atoms with E-state index < -0.39 is 5.79 Å². The van der Waals surface area contributed by atoms with E-state index >= 15 is 0 Å². The molecule has 1 aromatic rings. The number of benzene rings is 1. The Hall–Kier alpha value is -1.81. The van der Waals surface area contributed by atoms with Gasteiger partial charge in [-0.25, -0.2) is 0 Å². The highest BCUT2D eigenvalue weighted by Gasteiger charge is 2.27. The quantitative estimate of drug-likeness (QED) is 0.798. The number of phenols is 1. The lowest BCUT2D eigenvalue weighted by Crippen LogP contribution is -2.33. The van der Waals surface area contributed by atoms with Crippen LogP contribution in [0.4, 0.5) is 0 Å². The van der Waals surface area contributed by atoms with Gasteiger partial charge in [-0.2, -0.15) is 0 Å². The first-order valence-corrected chi connectivity index (χ1v) is 5.26. The minimum Gasteiger partial charge on any atom is -0.507 e. The Morgan fingerprint density at radius 2 is 2.18 bits per heavy atom. The van der Waals surface area contributed by atoms with Gasteiger partial charge in [-0.1, -0.05) is 0 Å². The highest BCUT2D eigenvalue weighted by molar-refractivity contribution is 5.97. The van der Waals surface area contributed by atoms with E-state index in [9.17, 15) is 9.90 Å². The second kappa shape index (κ2) is 3.89. The predicted molar refractivity (Wildman–Crippen MR) is 63.2 cm³/mol. The van der Waals surface area contributed by atoms with Crippen molar-refractivity contribution in [1.29, 1.82) is 0 Å². The lowest BCUT2D eigenvalue weighted by Gasteiger charge is -2.30. The molecule has 17 heavy (non-hydrogen) atoms. The molecule has 0 aliphatic carbocycles. The number of phenolic OH excluding ortho intramolecular Hbond substituents is 1. The third kappa shape index (κ3) is 2.03. The summed E-state index contributed by atoms with van der Waals surface area (Å²) in [5.74, 6) is -0.597. The molecule has 0 saturated carbocycles. The van der Waals surface area contributed by atoms with E-state index in [0.29, 0.717) is 5.75 Å². The largest absolute Gasteiger partial charge is 0.507 e. The number of ketones is 1. The van der Waals surface area contributed by atoms with Crippen molar-refractivity contribution in [1.82, 2.24) is 0 Å². The number of aromatic hydroxyl groups is 1. The maximum Gasteiger partial charge on any atom is 0.227 e. The van der Waals surface area contributed by atoms with Gasteiger partial charge in [0, 0.05) is 25.7 Å². The molecule has 1 aliphatic heterocycles. The Balaban J connectivity index is 2.49. The van der Waals surface area contributed by atoms with E-state index in [1.165, 1.54) is 13.0 Å². The summed E-state index contributed by atoms with van der Waals surface area (Å²) in [4.78, 5) is 11.3. The van der Waals surface area contributed by atoms with Gasteiger partial charge in [0.2, 0.25) is 5.79 Å². The van der Waals surface area contributed by atoms with Crippen LogP contribution in [0.2, 0.25) is 0 Å². The van der Waals surface area contributed by atoms with E-state index in [1.807, 2.05) is 6.08 Å². The van der Waals surface area contributed by atoms with Gasteiger partial charge >= 0.3 is 0 Å². The fraction of sp³-hybridized carbons (Fsp3) is 0.308. The van der Waals surface area contributed by atoms with E-state index in [0.717, 1.165) is 5.56 Å². The van der Waals surface area contributed by atoms with Crippen molar-refractivity contribution < 1.29 is 19.4 Å². The zero-order valence-corrected chi connectivity index (χ0v) is 9.98. The summed E-state index contributed by atoms with van der Waals surface area (Å²) in [6, 6.07) is 3.05. The number of Topliss-reactive ketones (excluding diaryl/α,β-unsaturated/α-hetero) is 1. The summed E-state index contributed by atoms with van der Waals surface area (Å²) in [6.07, 6.45) is 3.57. The minimum atomic E-state index is -0.836. The van der Waals surface area contributed by atoms with Gasteiger partial charge in [0.15, 0.2) is 5.78 Å². The van der Waals surface area contributed by atoms with Gasteiger partial charge in [-0.3, -0.25) is 4.79 Å². The number of hydrogen-bond donors (Lipinski definition) is 1. The number of ether oxygens (including phenoxy) is 2. The van der Waals surface area contributed by atoms with E-state index in [2.05, 4.69) is 0 Å². The maximum atomic E-state index is 11.3. The van der Waals surface area contributed by atoms with Crippen molar-refractivity contribution in [3.05, 3.63) is 29.3 Å². The summed E-state index contributed by atoms with van der Waals surface area (Å²) in [7, 11) is 1.54. The van der Waals surface area contributed by atoms with Gasteiger partial charge in [-0.15, -0.1) is 0 Å². The molecule has 1 unspecified atom stereocenters. The SMILES string of the molecule is COC1(C)C=Cc2cc(C(C)=O)c(O)cc2O1. The molecule has 0 amide bonds. The molecule has 0 radical (unpaired) electrons. The molecule has 0 spiro atoms. The van der Waals surface area contributed by atoms with E-state index in [4.69, 9.17) is 9.47 Å². The van der Waals surface area contributed by atoms with Gasteiger partial charge in [0.1, 0.15) is 11.5 Å². The first-order valence-electron chi connectivity index (χ1n) is 5.26. The second-order valence-electron chi connectivity index (χ2n) is 4.12. The first-order chi connectivity index (χ1) is 7.95. The maximum absolute atomic E-state index is 11.3. The summed E-state index contributed by atoms with van der Waals surface area (Å²) in [6.45, 7) is 3.18. The molecule has 0 aromatic heterocycles.